The lowest BCUT2D eigenvalue weighted by Crippen LogP contribution is -2.17. The van der Waals surface area contributed by atoms with Crippen LogP contribution in [0.2, 0.25) is 5.02 Å². The molecule has 134 valence electrons. The van der Waals surface area contributed by atoms with E-state index < -0.39 is 23.1 Å². The maximum Gasteiger partial charge on any atom is 0.261 e. The van der Waals surface area contributed by atoms with Crippen LogP contribution in [0.5, 0.6) is 0 Å². The van der Waals surface area contributed by atoms with Gasteiger partial charge in [-0.3, -0.25) is 9.48 Å². The molecule has 0 aliphatic carbocycles. The Labute approximate surface area is 154 Å². The number of amides is 1. The lowest BCUT2D eigenvalue weighted by molar-refractivity contribution is 0.101. The molecule has 1 N–H and O–H groups in total. The second-order valence-corrected chi connectivity index (χ2v) is 6.25. The normalized spacial score (nSPS) is 10.8. The molecule has 4 nitrogen and oxygen atoms in total. The number of benzene rings is 2. The molecule has 26 heavy (non-hydrogen) atoms. The Morgan fingerprint density at radius 3 is 2.42 bits per heavy atom. The van der Waals surface area contributed by atoms with Gasteiger partial charge in [-0.15, -0.1) is 0 Å². The largest absolute Gasteiger partial charge is 0.319 e. The number of hydrogen-bond donors (Lipinski definition) is 1. The lowest BCUT2D eigenvalue weighted by atomic mass is 10.1. The monoisotopic (exact) mass is 375 g/mol. The van der Waals surface area contributed by atoms with Gasteiger partial charge in [-0.25, -0.2) is 8.78 Å². The van der Waals surface area contributed by atoms with E-state index in [-0.39, 0.29) is 0 Å². The summed E-state index contributed by atoms with van der Waals surface area (Å²) >= 11 is 6.18. The molecule has 0 saturated carbocycles. The third-order valence-corrected chi connectivity index (χ3v) is 4.46. The summed E-state index contributed by atoms with van der Waals surface area (Å²) in [6, 6.07) is 10.7. The highest BCUT2D eigenvalue weighted by Crippen LogP contribution is 2.24. The first kappa shape index (κ1) is 18.1. The number of rotatable bonds is 4. The summed E-state index contributed by atoms with van der Waals surface area (Å²) in [5, 5.41) is 7.57. The number of aromatic nitrogens is 2. The van der Waals surface area contributed by atoms with Crippen LogP contribution in [0, 0.1) is 25.5 Å². The summed E-state index contributed by atoms with van der Waals surface area (Å²) in [7, 11) is 0. The number of nitrogens with zero attached hydrogens (tertiary/aromatic N) is 2. The van der Waals surface area contributed by atoms with Gasteiger partial charge in [0.2, 0.25) is 0 Å². The molecule has 3 rings (SSSR count). The number of halogens is 3. The summed E-state index contributed by atoms with van der Waals surface area (Å²) < 4.78 is 29.3. The fourth-order valence-electron chi connectivity index (χ4n) is 2.71. The molecule has 0 unspecified atom stereocenters. The number of anilines is 1. The highest BCUT2D eigenvalue weighted by molar-refractivity contribution is 6.31. The van der Waals surface area contributed by atoms with Crippen molar-refractivity contribution in [3.05, 3.63) is 81.6 Å². The van der Waals surface area contributed by atoms with Gasteiger partial charge in [0, 0.05) is 5.02 Å². The second kappa shape index (κ2) is 7.25. The van der Waals surface area contributed by atoms with E-state index in [1.807, 2.05) is 18.2 Å². The van der Waals surface area contributed by atoms with Crippen LogP contribution in [-0.4, -0.2) is 15.7 Å². The summed E-state index contributed by atoms with van der Waals surface area (Å²) in [6.45, 7) is 3.89. The van der Waals surface area contributed by atoms with E-state index in [9.17, 15) is 13.6 Å². The van der Waals surface area contributed by atoms with Gasteiger partial charge in [-0.05, 0) is 37.6 Å². The standard InChI is InChI=1S/C19H16ClF2N3O/c1-11-18(23-19(26)17-15(21)8-5-9-16(17)22)12(2)25(24-11)10-13-6-3-4-7-14(13)20/h3-9H,10H2,1-2H3,(H,23,26). The van der Waals surface area contributed by atoms with Crippen LogP contribution in [0.15, 0.2) is 42.5 Å². The van der Waals surface area contributed by atoms with Gasteiger partial charge in [-0.2, -0.15) is 5.10 Å². The molecule has 7 heteroatoms. The Bertz CT molecular complexity index is 965. The smallest absolute Gasteiger partial charge is 0.261 e. The molecule has 2 aromatic carbocycles. The molecular weight excluding hydrogens is 360 g/mol. The molecule has 0 aliphatic heterocycles. The Morgan fingerprint density at radius 1 is 1.12 bits per heavy atom. The van der Waals surface area contributed by atoms with Crippen molar-refractivity contribution in [1.29, 1.82) is 0 Å². The number of carbonyl (C=O) groups excluding carboxylic acids is 1. The predicted molar refractivity (Wildman–Crippen MR) is 96.6 cm³/mol. The van der Waals surface area contributed by atoms with E-state index in [0.717, 1.165) is 17.7 Å². The van der Waals surface area contributed by atoms with Gasteiger partial charge in [0.15, 0.2) is 0 Å². The van der Waals surface area contributed by atoms with E-state index >= 15 is 0 Å². The topological polar surface area (TPSA) is 46.9 Å². The van der Waals surface area contributed by atoms with E-state index in [4.69, 9.17) is 11.6 Å². The zero-order valence-electron chi connectivity index (χ0n) is 14.2. The van der Waals surface area contributed by atoms with Crippen molar-refractivity contribution < 1.29 is 13.6 Å². The molecule has 1 heterocycles. The van der Waals surface area contributed by atoms with Crippen LogP contribution in [0.3, 0.4) is 0 Å². The van der Waals surface area contributed by atoms with Gasteiger partial charge in [0.25, 0.3) is 5.91 Å². The summed E-state index contributed by atoms with van der Waals surface area (Å²) in [5.74, 6) is -2.69. The third kappa shape index (κ3) is 3.46. The average Bonchev–Trinajstić information content (AvgIpc) is 2.84. The van der Waals surface area contributed by atoms with E-state index in [1.54, 1.807) is 24.6 Å². The van der Waals surface area contributed by atoms with Crippen LogP contribution in [0.1, 0.15) is 27.3 Å². The van der Waals surface area contributed by atoms with Crippen LogP contribution in [0.25, 0.3) is 0 Å². The number of hydrogen-bond acceptors (Lipinski definition) is 2. The van der Waals surface area contributed by atoms with Gasteiger partial charge in [-0.1, -0.05) is 35.9 Å². The highest BCUT2D eigenvalue weighted by Gasteiger charge is 2.21. The highest BCUT2D eigenvalue weighted by atomic mass is 35.5. The number of nitrogens with one attached hydrogen (secondary N) is 1. The summed E-state index contributed by atoms with van der Waals surface area (Å²) in [5.41, 5.74) is 1.87. The van der Waals surface area contributed by atoms with E-state index in [0.29, 0.717) is 28.6 Å². The van der Waals surface area contributed by atoms with Crippen LogP contribution in [0.4, 0.5) is 14.5 Å². The molecule has 1 amide bonds. The summed E-state index contributed by atoms with van der Waals surface area (Å²) in [4.78, 5) is 12.3. The fourth-order valence-corrected chi connectivity index (χ4v) is 2.91. The van der Waals surface area contributed by atoms with Crippen LogP contribution in [-0.2, 0) is 6.54 Å². The summed E-state index contributed by atoms with van der Waals surface area (Å²) in [6.07, 6.45) is 0. The zero-order chi connectivity index (χ0) is 18.8. The minimum absolute atomic E-state index is 0.413. The molecule has 0 bridgehead atoms. The predicted octanol–water partition coefficient (Wildman–Crippen LogP) is 4.73. The van der Waals surface area contributed by atoms with Crippen molar-refractivity contribution in [1.82, 2.24) is 9.78 Å². The molecule has 0 atom stereocenters. The minimum Gasteiger partial charge on any atom is -0.319 e. The first-order valence-electron chi connectivity index (χ1n) is 7.91. The van der Waals surface area contributed by atoms with Crippen molar-refractivity contribution in [3.63, 3.8) is 0 Å². The fraction of sp³-hybridized carbons (Fsp3) is 0.158. The molecule has 0 fully saturated rings. The Morgan fingerprint density at radius 2 is 1.77 bits per heavy atom. The molecule has 0 spiro atoms. The van der Waals surface area contributed by atoms with Crippen molar-refractivity contribution in [2.24, 2.45) is 0 Å². The van der Waals surface area contributed by atoms with Crippen LogP contribution < -0.4 is 5.32 Å². The molecule has 3 aromatic rings. The first-order chi connectivity index (χ1) is 12.4. The lowest BCUT2D eigenvalue weighted by Gasteiger charge is -2.09. The van der Waals surface area contributed by atoms with Gasteiger partial charge >= 0.3 is 0 Å². The molecule has 0 aliphatic rings. The number of carbonyl (C=O) groups is 1. The average molecular weight is 376 g/mol. The molecule has 0 saturated heterocycles. The molecular formula is C19H16ClF2N3O. The van der Waals surface area contributed by atoms with Gasteiger partial charge in [0.05, 0.1) is 23.6 Å². The minimum atomic E-state index is -0.915. The maximum atomic E-state index is 13.8. The first-order valence-corrected chi connectivity index (χ1v) is 8.29. The van der Waals surface area contributed by atoms with Crippen molar-refractivity contribution in [3.8, 4) is 0 Å². The van der Waals surface area contributed by atoms with Gasteiger partial charge < -0.3 is 5.32 Å². The zero-order valence-corrected chi connectivity index (χ0v) is 14.9. The Hall–Kier alpha value is -2.73. The third-order valence-electron chi connectivity index (χ3n) is 4.09. The number of aryl methyl sites for hydroxylation is 1. The second-order valence-electron chi connectivity index (χ2n) is 5.85. The quantitative estimate of drug-likeness (QED) is 0.716. The van der Waals surface area contributed by atoms with Crippen molar-refractivity contribution in [2.75, 3.05) is 5.32 Å². The van der Waals surface area contributed by atoms with Crippen molar-refractivity contribution >= 4 is 23.2 Å². The molecule has 0 radical (unpaired) electrons. The van der Waals surface area contributed by atoms with Crippen LogP contribution >= 0.6 is 11.6 Å². The van der Waals surface area contributed by atoms with Gasteiger partial charge in [0.1, 0.15) is 17.2 Å². The van der Waals surface area contributed by atoms with E-state index in [1.165, 1.54) is 6.07 Å². The maximum absolute atomic E-state index is 13.8. The Kier molecular flexibility index (Phi) is 5.04. The van der Waals surface area contributed by atoms with E-state index in [2.05, 4.69) is 10.4 Å². The van der Waals surface area contributed by atoms with Crippen molar-refractivity contribution in [2.45, 2.75) is 20.4 Å². The Balaban J connectivity index is 1.89. The molecule has 1 aromatic heterocycles. The SMILES string of the molecule is Cc1nn(Cc2ccccc2Cl)c(C)c1NC(=O)c1c(F)cccc1F.